The molecule has 3 aromatic rings. The molecule has 0 saturated heterocycles. The highest BCUT2D eigenvalue weighted by molar-refractivity contribution is 7.72. The molecule has 0 amide bonds. The number of hydrogen-bond donors (Lipinski definition) is 0. The lowest BCUT2D eigenvalue weighted by Gasteiger charge is -2.31. The number of fused-ring (bicyclic) bond motifs is 1. The van der Waals surface area contributed by atoms with Crippen LogP contribution in [0.15, 0.2) is 42.5 Å². The van der Waals surface area contributed by atoms with E-state index < -0.39 is 20.6 Å². The summed E-state index contributed by atoms with van der Waals surface area (Å²) in [6.45, 7) is 7.50. The van der Waals surface area contributed by atoms with Crippen LogP contribution in [-0.4, -0.2) is 46.0 Å². The van der Waals surface area contributed by atoms with Gasteiger partial charge < -0.3 is 27.6 Å². The molecule has 210 valence electrons. The molecule has 0 aliphatic heterocycles. The molecular formula is C27H38O8P2S. The molecule has 0 aliphatic rings. The van der Waals surface area contributed by atoms with Crippen LogP contribution in [0.3, 0.4) is 0 Å². The van der Waals surface area contributed by atoms with Gasteiger partial charge in [-0.2, -0.15) is 0 Å². The number of methoxy groups -OCH3 is 2. The zero-order chi connectivity index (χ0) is 27.8. The van der Waals surface area contributed by atoms with E-state index in [4.69, 9.17) is 27.6 Å². The monoisotopic (exact) mass is 584 g/mol. The third kappa shape index (κ3) is 6.89. The van der Waals surface area contributed by atoms with Gasteiger partial charge in [-0.1, -0.05) is 0 Å². The minimum Gasteiger partial charge on any atom is -0.497 e. The molecule has 0 radical (unpaired) electrons. The molecular weight excluding hydrogens is 546 g/mol. The van der Waals surface area contributed by atoms with Gasteiger partial charge in [-0.25, -0.2) is 0 Å². The lowest BCUT2D eigenvalue weighted by molar-refractivity contribution is 0.194. The summed E-state index contributed by atoms with van der Waals surface area (Å²) in [5.74, 6) is 1.53. The van der Waals surface area contributed by atoms with Crippen molar-refractivity contribution in [2.75, 3.05) is 40.6 Å². The standard InChI is InChI=1S/C27H38O8P2S/c1-7-32-36(28,33-8-2)26(37(29,34-9-3)35-10-4)18-17-24-23-16-15-22(31-6)19-25(23)38-27(24)20-11-13-21(30-5)14-12-20/h11-16,19,26H,7-10,17-18H2,1-6H3. The Morgan fingerprint density at radius 1 is 0.737 bits per heavy atom. The van der Waals surface area contributed by atoms with Gasteiger partial charge in [0.25, 0.3) is 0 Å². The van der Waals surface area contributed by atoms with Crippen molar-refractivity contribution < 1.29 is 36.7 Å². The van der Waals surface area contributed by atoms with Crippen molar-refractivity contribution in [3.8, 4) is 21.9 Å². The average Bonchev–Trinajstić information content (AvgIpc) is 3.27. The molecule has 0 aliphatic carbocycles. The fourth-order valence-corrected chi connectivity index (χ4v) is 11.0. The van der Waals surface area contributed by atoms with Crippen molar-refractivity contribution in [3.63, 3.8) is 0 Å². The quantitative estimate of drug-likeness (QED) is 0.155. The Balaban J connectivity index is 2.13. The molecule has 1 heterocycles. The molecule has 38 heavy (non-hydrogen) atoms. The molecule has 0 bridgehead atoms. The van der Waals surface area contributed by atoms with Crippen LogP contribution >= 0.6 is 26.5 Å². The SMILES string of the molecule is CCOP(=O)(OCC)C(CCc1c(-c2ccc(OC)cc2)sc2cc(OC)ccc12)P(=O)(OCC)OCC. The van der Waals surface area contributed by atoms with Crippen LogP contribution in [0.5, 0.6) is 11.5 Å². The van der Waals surface area contributed by atoms with Crippen LogP contribution in [0, 0.1) is 0 Å². The van der Waals surface area contributed by atoms with E-state index in [1.807, 2.05) is 42.5 Å². The molecule has 2 aromatic carbocycles. The van der Waals surface area contributed by atoms with E-state index in [2.05, 4.69) is 0 Å². The highest BCUT2D eigenvalue weighted by Gasteiger charge is 2.50. The van der Waals surface area contributed by atoms with E-state index in [0.29, 0.717) is 6.42 Å². The third-order valence-corrected chi connectivity index (χ3v) is 13.4. The Bertz CT molecular complexity index is 1220. The Morgan fingerprint density at radius 2 is 1.24 bits per heavy atom. The first-order valence-electron chi connectivity index (χ1n) is 12.8. The van der Waals surface area contributed by atoms with E-state index in [0.717, 1.165) is 37.6 Å². The van der Waals surface area contributed by atoms with Crippen LogP contribution in [0.25, 0.3) is 20.5 Å². The van der Waals surface area contributed by atoms with Gasteiger partial charge in [0.2, 0.25) is 0 Å². The summed E-state index contributed by atoms with van der Waals surface area (Å²) in [5, 5.41) is -0.0302. The maximum Gasteiger partial charge on any atom is 0.345 e. The van der Waals surface area contributed by atoms with Gasteiger partial charge in [-0.3, -0.25) is 9.13 Å². The van der Waals surface area contributed by atoms with Crippen LogP contribution in [-0.2, 0) is 33.6 Å². The van der Waals surface area contributed by atoms with Crippen molar-refractivity contribution in [2.24, 2.45) is 0 Å². The van der Waals surface area contributed by atoms with Crippen LogP contribution in [0.1, 0.15) is 39.7 Å². The van der Waals surface area contributed by atoms with Crippen molar-refractivity contribution >= 4 is 36.6 Å². The molecule has 1 aromatic heterocycles. The smallest absolute Gasteiger partial charge is 0.345 e. The normalized spacial score (nSPS) is 12.4. The first kappa shape index (κ1) is 30.8. The molecule has 0 atom stereocenters. The highest BCUT2D eigenvalue weighted by atomic mass is 32.1. The molecule has 0 fully saturated rings. The first-order chi connectivity index (χ1) is 18.3. The van der Waals surface area contributed by atoms with Crippen LogP contribution in [0.2, 0.25) is 0 Å². The van der Waals surface area contributed by atoms with Crippen LogP contribution < -0.4 is 9.47 Å². The number of rotatable bonds is 16. The predicted octanol–water partition coefficient (Wildman–Crippen LogP) is 8.38. The second-order valence-corrected chi connectivity index (χ2v) is 14.2. The van der Waals surface area contributed by atoms with Crippen molar-refractivity contribution in [3.05, 3.63) is 48.0 Å². The van der Waals surface area contributed by atoms with Gasteiger partial charge >= 0.3 is 15.2 Å². The van der Waals surface area contributed by atoms with Gasteiger partial charge in [0.05, 0.1) is 40.6 Å². The molecule has 0 unspecified atom stereocenters. The number of hydrogen-bond acceptors (Lipinski definition) is 9. The zero-order valence-corrected chi connectivity index (χ0v) is 25.5. The fourth-order valence-electron chi connectivity index (χ4n) is 4.38. The molecule has 11 heteroatoms. The number of aryl methyl sites for hydroxylation is 1. The highest BCUT2D eigenvalue weighted by Crippen LogP contribution is 2.71. The fraction of sp³-hybridized carbons (Fsp3) is 0.481. The lowest BCUT2D eigenvalue weighted by atomic mass is 10.0. The van der Waals surface area contributed by atoms with E-state index in [-0.39, 0.29) is 32.8 Å². The number of ether oxygens (including phenoxy) is 2. The van der Waals surface area contributed by atoms with Gasteiger partial charge in [0.1, 0.15) is 11.5 Å². The van der Waals surface area contributed by atoms with Gasteiger partial charge in [0.15, 0.2) is 5.40 Å². The molecule has 0 N–H and O–H groups in total. The second-order valence-electron chi connectivity index (χ2n) is 8.27. The van der Waals surface area contributed by atoms with E-state index in [1.54, 1.807) is 53.3 Å². The molecule has 8 nitrogen and oxygen atoms in total. The van der Waals surface area contributed by atoms with Crippen LogP contribution in [0.4, 0.5) is 0 Å². The first-order valence-corrected chi connectivity index (χ1v) is 16.8. The largest absolute Gasteiger partial charge is 0.497 e. The van der Waals surface area contributed by atoms with Gasteiger partial charge in [-0.15, -0.1) is 11.3 Å². The maximum atomic E-state index is 14.0. The average molecular weight is 585 g/mol. The van der Waals surface area contributed by atoms with E-state index in [9.17, 15) is 9.13 Å². The lowest BCUT2D eigenvalue weighted by Crippen LogP contribution is -2.18. The summed E-state index contributed by atoms with van der Waals surface area (Å²) >= 11 is 1.64. The summed E-state index contributed by atoms with van der Waals surface area (Å²) < 4.78 is 62.6. The topological polar surface area (TPSA) is 89.5 Å². The Hall–Kier alpha value is -1.70. The summed E-state index contributed by atoms with van der Waals surface area (Å²) in [7, 11) is -4.41. The molecule has 0 saturated carbocycles. The predicted molar refractivity (Wildman–Crippen MR) is 154 cm³/mol. The Labute approximate surface area is 229 Å². The summed E-state index contributed by atoms with van der Waals surface area (Å²) in [5.41, 5.74) is 2.06. The minimum atomic E-state index is -3.85. The Morgan fingerprint density at radius 3 is 1.71 bits per heavy atom. The second kappa shape index (κ2) is 14.1. The zero-order valence-electron chi connectivity index (χ0n) is 22.9. The van der Waals surface area contributed by atoms with E-state index in [1.165, 1.54) is 0 Å². The number of benzene rings is 2. The third-order valence-electron chi connectivity index (χ3n) is 5.97. The van der Waals surface area contributed by atoms with Gasteiger partial charge in [-0.05, 0) is 99.5 Å². The van der Waals surface area contributed by atoms with Gasteiger partial charge in [0, 0.05) is 9.58 Å². The molecule has 0 spiro atoms. The van der Waals surface area contributed by atoms with Crippen molar-refractivity contribution in [1.29, 1.82) is 0 Å². The Kier molecular flexibility index (Phi) is 11.4. The van der Waals surface area contributed by atoms with Crippen molar-refractivity contribution in [1.82, 2.24) is 0 Å². The minimum absolute atomic E-state index is 0.143. The summed E-state index contributed by atoms with van der Waals surface area (Å²) in [4.78, 5) is 1.06. The number of thiophene rings is 1. The summed E-state index contributed by atoms with van der Waals surface area (Å²) in [6, 6.07) is 13.8. The van der Waals surface area contributed by atoms with E-state index >= 15 is 0 Å². The molecule has 3 rings (SSSR count). The maximum absolute atomic E-state index is 14.0. The van der Waals surface area contributed by atoms with Crippen molar-refractivity contribution in [2.45, 2.75) is 45.9 Å². The summed E-state index contributed by atoms with van der Waals surface area (Å²) in [6.07, 6.45) is 0.669.